The van der Waals surface area contributed by atoms with Gasteiger partial charge in [-0.1, -0.05) is 6.92 Å². The van der Waals surface area contributed by atoms with E-state index in [4.69, 9.17) is 4.74 Å². The Bertz CT molecular complexity index is 215. The number of likely N-dealkylation sites (tertiary alicyclic amines) is 1. The molecule has 2 aliphatic rings. The van der Waals surface area contributed by atoms with Crippen LogP contribution in [0.4, 0.5) is 0 Å². The SMILES string of the molecule is CC1CN(C(=O)C2CCOC2)CC1O. The molecule has 0 aromatic rings. The first kappa shape index (κ1) is 9.93. The van der Waals surface area contributed by atoms with Crippen LogP contribution in [0.15, 0.2) is 0 Å². The highest BCUT2D eigenvalue weighted by molar-refractivity contribution is 5.79. The van der Waals surface area contributed by atoms with Gasteiger partial charge in [0.15, 0.2) is 0 Å². The molecule has 4 heteroatoms. The molecular weight excluding hydrogens is 182 g/mol. The van der Waals surface area contributed by atoms with Crippen molar-refractivity contribution in [1.29, 1.82) is 0 Å². The van der Waals surface area contributed by atoms with Crippen molar-refractivity contribution in [2.45, 2.75) is 19.4 Å². The normalized spacial score (nSPS) is 37.9. The molecule has 2 rings (SSSR count). The Kier molecular flexibility index (Phi) is 2.74. The second-order valence-corrected chi connectivity index (χ2v) is 4.35. The van der Waals surface area contributed by atoms with E-state index in [1.165, 1.54) is 0 Å². The Morgan fingerprint density at radius 3 is 2.79 bits per heavy atom. The van der Waals surface area contributed by atoms with Crippen LogP contribution in [-0.4, -0.2) is 48.3 Å². The van der Waals surface area contributed by atoms with Crippen molar-refractivity contribution >= 4 is 5.91 Å². The molecule has 0 spiro atoms. The Hall–Kier alpha value is -0.610. The van der Waals surface area contributed by atoms with Gasteiger partial charge in [-0.25, -0.2) is 0 Å². The van der Waals surface area contributed by atoms with Crippen molar-refractivity contribution in [2.75, 3.05) is 26.3 Å². The number of aliphatic hydroxyl groups is 1. The van der Waals surface area contributed by atoms with Gasteiger partial charge in [-0.3, -0.25) is 4.79 Å². The molecule has 2 aliphatic heterocycles. The number of ether oxygens (including phenoxy) is 1. The molecule has 1 amide bonds. The highest BCUT2D eigenvalue weighted by atomic mass is 16.5. The maximum atomic E-state index is 11.9. The van der Waals surface area contributed by atoms with E-state index in [2.05, 4.69) is 0 Å². The van der Waals surface area contributed by atoms with Crippen LogP contribution in [0.5, 0.6) is 0 Å². The van der Waals surface area contributed by atoms with Gasteiger partial charge in [0.1, 0.15) is 0 Å². The Labute approximate surface area is 83.8 Å². The lowest BCUT2D eigenvalue weighted by atomic mass is 10.1. The first-order valence-corrected chi connectivity index (χ1v) is 5.23. The lowest BCUT2D eigenvalue weighted by Gasteiger charge is -2.18. The highest BCUT2D eigenvalue weighted by Crippen LogP contribution is 2.21. The number of hydrogen-bond acceptors (Lipinski definition) is 3. The molecule has 0 aromatic carbocycles. The summed E-state index contributed by atoms with van der Waals surface area (Å²) in [6.07, 6.45) is 0.487. The minimum atomic E-state index is -0.346. The molecule has 4 nitrogen and oxygen atoms in total. The van der Waals surface area contributed by atoms with Crippen LogP contribution in [0.25, 0.3) is 0 Å². The number of amides is 1. The number of hydrogen-bond donors (Lipinski definition) is 1. The molecular formula is C10H17NO3. The van der Waals surface area contributed by atoms with Crippen molar-refractivity contribution in [2.24, 2.45) is 11.8 Å². The molecule has 2 saturated heterocycles. The van der Waals surface area contributed by atoms with Crippen molar-refractivity contribution < 1.29 is 14.6 Å². The molecule has 0 radical (unpaired) electrons. The van der Waals surface area contributed by atoms with E-state index in [9.17, 15) is 9.90 Å². The minimum Gasteiger partial charge on any atom is -0.391 e. The summed E-state index contributed by atoms with van der Waals surface area (Å²) >= 11 is 0. The Morgan fingerprint density at radius 1 is 1.50 bits per heavy atom. The van der Waals surface area contributed by atoms with E-state index in [0.29, 0.717) is 26.3 Å². The number of carbonyl (C=O) groups is 1. The molecule has 0 bridgehead atoms. The minimum absolute atomic E-state index is 0.0347. The van der Waals surface area contributed by atoms with Gasteiger partial charge in [-0.05, 0) is 6.42 Å². The van der Waals surface area contributed by atoms with Gasteiger partial charge < -0.3 is 14.7 Å². The second kappa shape index (κ2) is 3.87. The maximum absolute atomic E-state index is 11.9. The molecule has 0 aliphatic carbocycles. The van der Waals surface area contributed by atoms with Crippen LogP contribution in [0.3, 0.4) is 0 Å². The molecule has 1 N–H and O–H groups in total. The summed E-state index contributed by atoms with van der Waals surface area (Å²) < 4.78 is 5.18. The third-order valence-corrected chi connectivity index (χ3v) is 3.16. The van der Waals surface area contributed by atoms with E-state index >= 15 is 0 Å². The van der Waals surface area contributed by atoms with Gasteiger partial charge in [0.2, 0.25) is 5.91 Å². The van der Waals surface area contributed by atoms with Crippen molar-refractivity contribution in [1.82, 2.24) is 4.90 Å². The molecule has 3 atom stereocenters. The molecule has 80 valence electrons. The number of rotatable bonds is 1. The zero-order valence-corrected chi connectivity index (χ0v) is 8.48. The molecule has 14 heavy (non-hydrogen) atoms. The standard InChI is InChI=1S/C10H17NO3/c1-7-4-11(5-9(7)12)10(13)8-2-3-14-6-8/h7-9,12H,2-6H2,1H3. The number of β-amino-alcohol motifs (C(OH)–C–C–N with tert-alkyl or cyclic N) is 1. The van der Waals surface area contributed by atoms with Crippen molar-refractivity contribution in [3.63, 3.8) is 0 Å². The number of carbonyl (C=O) groups excluding carboxylic acids is 1. The fraction of sp³-hybridized carbons (Fsp3) is 0.900. The van der Waals surface area contributed by atoms with E-state index < -0.39 is 0 Å². The maximum Gasteiger partial charge on any atom is 0.228 e. The summed E-state index contributed by atoms with van der Waals surface area (Å²) in [6, 6.07) is 0. The fourth-order valence-corrected chi connectivity index (χ4v) is 2.12. The van der Waals surface area contributed by atoms with Gasteiger partial charge in [0.05, 0.1) is 18.6 Å². The summed E-state index contributed by atoms with van der Waals surface area (Å²) in [6.45, 7) is 4.41. The monoisotopic (exact) mass is 199 g/mol. The lowest BCUT2D eigenvalue weighted by Crippen LogP contribution is -2.35. The molecule has 0 aromatic heterocycles. The van der Waals surface area contributed by atoms with Crippen LogP contribution < -0.4 is 0 Å². The summed E-state index contributed by atoms with van der Waals surface area (Å²) in [4.78, 5) is 13.6. The van der Waals surface area contributed by atoms with E-state index in [1.807, 2.05) is 6.92 Å². The van der Waals surface area contributed by atoms with Crippen LogP contribution in [0.1, 0.15) is 13.3 Å². The smallest absolute Gasteiger partial charge is 0.228 e. The summed E-state index contributed by atoms with van der Waals surface area (Å²) in [7, 11) is 0. The summed E-state index contributed by atoms with van der Waals surface area (Å²) in [5.74, 6) is 0.402. The molecule has 2 heterocycles. The Balaban J connectivity index is 1.92. The topological polar surface area (TPSA) is 49.8 Å². The van der Waals surface area contributed by atoms with Gasteiger partial charge >= 0.3 is 0 Å². The summed E-state index contributed by atoms with van der Waals surface area (Å²) in [5.41, 5.74) is 0. The molecule has 3 unspecified atom stereocenters. The third-order valence-electron chi connectivity index (χ3n) is 3.16. The van der Waals surface area contributed by atoms with Gasteiger partial charge in [-0.15, -0.1) is 0 Å². The van der Waals surface area contributed by atoms with Crippen LogP contribution in [0.2, 0.25) is 0 Å². The van der Waals surface area contributed by atoms with Gasteiger partial charge in [-0.2, -0.15) is 0 Å². The van der Waals surface area contributed by atoms with Crippen LogP contribution in [-0.2, 0) is 9.53 Å². The predicted octanol–water partition coefficient (Wildman–Crippen LogP) is -0.138. The highest BCUT2D eigenvalue weighted by Gasteiger charge is 2.35. The zero-order valence-electron chi connectivity index (χ0n) is 8.48. The van der Waals surface area contributed by atoms with Gasteiger partial charge in [0.25, 0.3) is 0 Å². The fourth-order valence-electron chi connectivity index (χ4n) is 2.12. The van der Waals surface area contributed by atoms with Crippen molar-refractivity contribution in [3.05, 3.63) is 0 Å². The number of aliphatic hydroxyl groups excluding tert-OH is 1. The lowest BCUT2D eigenvalue weighted by molar-refractivity contribution is -0.134. The first-order chi connectivity index (χ1) is 6.68. The Morgan fingerprint density at radius 2 is 2.29 bits per heavy atom. The van der Waals surface area contributed by atoms with Crippen molar-refractivity contribution in [3.8, 4) is 0 Å². The van der Waals surface area contributed by atoms with Gasteiger partial charge in [0, 0.05) is 25.6 Å². The first-order valence-electron chi connectivity index (χ1n) is 5.23. The zero-order chi connectivity index (χ0) is 10.1. The predicted molar refractivity (Wildman–Crippen MR) is 50.7 cm³/mol. The number of nitrogens with zero attached hydrogens (tertiary/aromatic N) is 1. The molecule has 0 saturated carbocycles. The van der Waals surface area contributed by atoms with Crippen LogP contribution in [0, 0.1) is 11.8 Å². The molecule has 2 fully saturated rings. The van der Waals surface area contributed by atoms with E-state index in [0.717, 1.165) is 6.42 Å². The quantitative estimate of drug-likeness (QED) is 0.639. The largest absolute Gasteiger partial charge is 0.391 e. The summed E-state index contributed by atoms with van der Waals surface area (Å²) in [5, 5.41) is 9.53. The second-order valence-electron chi connectivity index (χ2n) is 4.35. The van der Waals surface area contributed by atoms with E-state index in [-0.39, 0.29) is 23.8 Å². The van der Waals surface area contributed by atoms with Crippen LogP contribution >= 0.6 is 0 Å². The average molecular weight is 199 g/mol. The third kappa shape index (κ3) is 1.77. The van der Waals surface area contributed by atoms with E-state index in [1.54, 1.807) is 4.90 Å². The average Bonchev–Trinajstić information content (AvgIpc) is 2.76.